The van der Waals surface area contributed by atoms with E-state index in [4.69, 9.17) is 9.47 Å². The summed E-state index contributed by atoms with van der Waals surface area (Å²) in [6.45, 7) is 1.22. The lowest BCUT2D eigenvalue weighted by atomic mass is 10.1. The molecular formula is C26H24N2O4. The van der Waals surface area contributed by atoms with E-state index in [0.29, 0.717) is 30.0 Å². The molecule has 1 atom stereocenters. The van der Waals surface area contributed by atoms with E-state index in [0.717, 1.165) is 0 Å². The molecule has 32 heavy (non-hydrogen) atoms. The lowest BCUT2D eigenvalue weighted by Gasteiger charge is -2.17. The number of benzene rings is 3. The SMILES string of the molecule is COC(=O)C(NC(=O)c1ccccc1)c1ccc(OCCn2ccc3ccccc32)cc1. The summed E-state index contributed by atoms with van der Waals surface area (Å²) in [5.41, 5.74) is 2.25. The maximum absolute atomic E-state index is 12.5. The van der Waals surface area contributed by atoms with Gasteiger partial charge in [-0.15, -0.1) is 0 Å². The summed E-state index contributed by atoms with van der Waals surface area (Å²) in [4.78, 5) is 24.8. The van der Waals surface area contributed by atoms with E-state index in [-0.39, 0.29) is 5.91 Å². The second kappa shape index (κ2) is 9.83. The van der Waals surface area contributed by atoms with Gasteiger partial charge in [0.15, 0.2) is 6.04 Å². The first-order valence-corrected chi connectivity index (χ1v) is 10.4. The summed E-state index contributed by atoms with van der Waals surface area (Å²) in [7, 11) is 1.30. The molecule has 4 rings (SSSR count). The van der Waals surface area contributed by atoms with Crippen LogP contribution in [0.25, 0.3) is 10.9 Å². The van der Waals surface area contributed by atoms with Gasteiger partial charge in [-0.2, -0.15) is 0 Å². The minimum Gasteiger partial charge on any atom is -0.492 e. The Morgan fingerprint density at radius 1 is 0.906 bits per heavy atom. The van der Waals surface area contributed by atoms with Crippen molar-refractivity contribution < 1.29 is 19.1 Å². The summed E-state index contributed by atoms with van der Waals surface area (Å²) >= 11 is 0. The zero-order valence-electron chi connectivity index (χ0n) is 17.7. The Balaban J connectivity index is 1.40. The molecule has 0 saturated heterocycles. The molecule has 0 spiro atoms. The number of hydrogen-bond acceptors (Lipinski definition) is 4. The number of para-hydroxylation sites is 1. The van der Waals surface area contributed by atoms with E-state index in [1.807, 2.05) is 24.4 Å². The number of nitrogens with zero attached hydrogens (tertiary/aromatic N) is 1. The van der Waals surface area contributed by atoms with E-state index in [1.165, 1.54) is 18.0 Å². The number of carbonyl (C=O) groups is 2. The molecule has 0 aliphatic carbocycles. The number of nitrogens with one attached hydrogen (secondary N) is 1. The van der Waals surface area contributed by atoms with Crippen molar-refractivity contribution >= 4 is 22.8 Å². The standard InChI is InChI=1S/C26H24N2O4/c1-31-26(30)24(27-25(29)21-8-3-2-4-9-21)20-11-13-22(14-12-20)32-18-17-28-16-15-19-7-5-6-10-23(19)28/h2-16,24H,17-18H2,1H3,(H,27,29). The molecule has 1 amide bonds. The number of methoxy groups -OCH3 is 1. The Bertz CT molecular complexity index is 1200. The van der Waals surface area contributed by atoms with Gasteiger partial charge in [-0.1, -0.05) is 48.5 Å². The molecule has 162 valence electrons. The predicted molar refractivity (Wildman–Crippen MR) is 123 cm³/mol. The molecule has 0 saturated carbocycles. The van der Waals surface area contributed by atoms with Crippen LogP contribution in [0.1, 0.15) is 22.0 Å². The fraction of sp³-hybridized carbons (Fsp3) is 0.154. The fourth-order valence-electron chi connectivity index (χ4n) is 3.55. The van der Waals surface area contributed by atoms with Gasteiger partial charge >= 0.3 is 5.97 Å². The third-order valence-electron chi connectivity index (χ3n) is 5.24. The Morgan fingerprint density at radius 3 is 2.38 bits per heavy atom. The largest absolute Gasteiger partial charge is 0.492 e. The van der Waals surface area contributed by atoms with Gasteiger partial charge in [-0.3, -0.25) is 4.79 Å². The van der Waals surface area contributed by atoms with Crippen molar-refractivity contribution in [3.63, 3.8) is 0 Å². The van der Waals surface area contributed by atoms with Crippen molar-refractivity contribution in [2.75, 3.05) is 13.7 Å². The minimum absolute atomic E-state index is 0.347. The number of amides is 1. The van der Waals surface area contributed by atoms with Gasteiger partial charge in [-0.05, 0) is 47.3 Å². The van der Waals surface area contributed by atoms with Crippen LogP contribution in [-0.2, 0) is 16.1 Å². The third-order valence-corrected chi connectivity index (χ3v) is 5.24. The van der Waals surface area contributed by atoms with E-state index in [9.17, 15) is 9.59 Å². The normalized spacial score (nSPS) is 11.7. The van der Waals surface area contributed by atoms with Crippen LogP contribution in [0.5, 0.6) is 5.75 Å². The molecule has 4 aromatic rings. The Kier molecular flexibility index (Phi) is 6.51. The van der Waals surface area contributed by atoms with E-state index >= 15 is 0 Å². The van der Waals surface area contributed by atoms with Crippen LogP contribution in [0.15, 0.2) is 91.1 Å². The van der Waals surface area contributed by atoms with Gasteiger partial charge in [0.2, 0.25) is 0 Å². The summed E-state index contributed by atoms with van der Waals surface area (Å²) in [6, 6.07) is 25.2. The lowest BCUT2D eigenvalue weighted by molar-refractivity contribution is -0.143. The fourth-order valence-corrected chi connectivity index (χ4v) is 3.55. The van der Waals surface area contributed by atoms with Gasteiger partial charge in [0.05, 0.1) is 13.7 Å². The molecule has 3 aromatic carbocycles. The number of rotatable bonds is 8. The lowest BCUT2D eigenvalue weighted by Crippen LogP contribution is -2.34. The molecule has 1 heterocycles. The molecule has 1 N–H and O–H groups in total. The van der Waals surface area contributed by atoms with Gasteiger partial charge in [-0.25, -0.2) is 4.79 Å². The number of esters is 1. The third kappa shape index (κ3) is 4.81. The van der Waals surface area contributed by atoms with Gasteiger partial charge < -0.3 is 19.4 Å². The van der Waals surface area contributed by atoms with E-state index in [2.05, 4.69) is 28.1 Å². The van der Waals surface area contributed by atoms with Crippen LogP contribution in [-0.4, -0.2) is 30.2 Å². The molecule has 0 bridgehead atoms. The van der Waals surface area contributed by atoms with E-state index < -0.39 is 12.0 Å². The highest BCUT2D eigenvalue weighted by molar-refractivity contribution is 5.97. The van der Waals surface area contributed by atoms with Crippen molar-refractivity contribution in [3.8, 4) is 5.75 Å². The number of hydrogen-bond donors (Lipinski definition) is 1. The zero-order valence-corrected chi connectivity index (χ0v) is 17.7. The minimum atomic E-state index is -0.909. The molecular weight excluding hydrogens is 404 g/mol. The van der Waals surface area contributed by atoms with Crippen molar-refractivity contribution in [3.05, 3.63) is 102 Å². The summed E-state index contributed by atoms with van der Waals surface area (Å²) in [6.07, 6.45) is 2.05. The number of fused-ring (bicyclic) bond motifs is 1. The van der Waals surface area contributed by atoms with Gasteiger partial charge in [0.25, 0.3) is 5.91 Å². The average molecular weight is 428 g/mol. The predicted octanol–water partition coefficient (Wildman–Crippen LogP) is 4.36. The second-order valence-corrected chi connectivity index (χ2v) is 7.28. The molecule has 0 aliphatic rings. The maximum Gasteiger partial charge on any atom is 0.333 e. The van der Waals surface area contributed by atoms with Crippen molar-refractivity contribution in [1.29, 1.82) is 0 Å². The summed E-state index contributed by atoms with van der Waals surface area (Å²) in [5.74, 6) is -0.203. The smallest absolute Gasteiger partial charge is 0.333 e. The van der Waals surface area contributed by atoms with Crippen molar-refractivity contribution in [2.24, 2.45) is 0 Å². The highest BCUT2D eigenvalue weighted by Gasteiger charge is 2.24. The highest BCUT2D eigenvalue weighted by atomic mass is 16.5. The molecule has 6 heteroatoms. The monoisotopic (exact) mass is 428 g/mol. The van der Waals surface area contributed by atoms with Crippen LogP contribution >= 0.6 is 0 Å². The first-order valence-electron chi connectivity index (χ1n) is 10.4. The molecule has 6 nitrogen and oxygen atoms in total. The number of ether oxygens (including phenoxy) is 2. The van der Waals surface area contributed by atoms with Crippen LogP contribution in [0.3, 0.4) is 0 Å². The maximum atomic E-state index is 12.5. The van der Waals surface area contributed by atoms with Crippen LogP contribution in [0, 0.1) is 0 Å². The molecule has 1 aromatic heterocycles. The van der Waals surface area contributed by atoms with E-state index in [1.54, 1.807) is 48.5 Å². The topological polar surface area (TPSA) is 69.6 Å². The van der Waals surface area contributed by atoms with Crippen LogP contribution in [0.2, 0.25) is 0 Å². The second-order valence-electron chi connectivity index (χ2n) is 7.28. The summed E-state index contributed by atoms with van der Waals surface area (Å²) < 4.78 is 12.9. The Morgan fingerprint density at radius 2 is 1.62 bits per heavy atom. The van der Waals surface area contributed by atoms with Crippen molar-refractivity contribution in [1.82, 2.24) is 9.88 Å². The molecule has 0 aliphatic heterocycles. The average Bonchev–Trinajstić information content (AvgIpc) is 3.26. The molecule has 0 radical (unpaired) electrons. The number of aromatic nitrogens is 1. The first kappa shape index (κ1) is 21.2. The van der Waals surface area contributed by atoms with Gasteiger partial charge in [0, 0.05) is 17.3 Å². The first-order chi connectivity index (χ1) is 15.7. The number of carbonyl (C=O) groups excluding carboxylic acids is 2. The van der Waals surface area contributed by atoms with Crippen molar-refractivity contribution in [2.45, 2.75) is 12.6 Å². The Hall–Kier alpha value is -4.06. The zero-order chi connectivity index (χ0) is 22.3. The quantitative estimate of drug-likeness (QED) is 0.423. The van der Waals surface area contributed by atoms with Crippen LogP contribution < -0.4 is 10.1 Å². The summed E-state index contributed by atoms with van der Waals surface area (Å²) in [5, 5.41) is 3.94. The van der Waals surface area contributed by atoms with Gasteiger partial charge in [0.1, 0.15) is 12.4 Å². The molecule has 1 unspecified atom stereocenters. The molecule has 0 fully saturated rings. The van der Waals surface area contributed by atoms with Crippen LogP contribution in [0.4, 0.5) is 0 Å². The Labute approximate surface area is 186 Å². The highest BCUT2D eigenvalue weighted by Crippen LogP contribution is 2.20.